The van der Waals surface area contributed by atoms with Crippen LogP contribution in [0.4, 0.5) is 0 Å². The molecule has 0 aliphatic rings. The van der Waals surface area contributed by atoms with E-state index in [2.05, 4.69) is 0 Å². The Kier molecular flexibility index (Phi) is 7.20. The Morgan fingerprint density at radius 2 is 1.69 bits per heavy atom. The van der Waals surface area contributed by atoms with Gasteiger partial charge in [-0.3, -0.25) is 4.79 Å². The van der Waals surface area contributed by atoms with Crippen LogP contribution < -0.4 is 9.47 Å². The highest BCUT2D eigenvalue weighted by Gasteiger charge is 2.26. The minimum absolute atomic E-state index is 0.0515. The number of hydrogen-bond acceptors (Lipinski definition) is 4. The molecule has 0 saturated carbocycles. The van der Waals surface area contributed by atoms with Crippen LogP contribution in [0.5, 0.6) is 17.4 Å². The van der Waals surface area contributed by atoms with Crippen molar-refractivity contribution in [3.05, 3.63) is 95.6 Å². The van der Waals surface area contributed by atoms with Gasteiger partial charge in [0, 0.05) is 24.2 Å². The van der Waals surface area contributed by atoms with Crippen LogP contribution in [0.25, 0.3) is 11.3 Å². The molecule has 6 heteroatoms. The summed E-state index contributed by atoms with van der Waals surface area (Å²) in [6.45, 7) is 6.39. The van der Waals surface area contributed by atoms with Crippen LogP contribution in [-0.4, -0.2) is 33.7 Å². The van der Waals surface area contributed by atoms with E-state index >= 15 is 0 Å². The minimum atomic E-state index is -0.0803. The van der Waals surface area contributed by atoms with E-state index < -0.39 is 0 Å². The van der Waals surface area contributed by atoms with E-state index in [1.54, 1.807) is 17.9 Å². The van der Waals surface area contributed by atoms with E-state index in [0.29, 0.717) is 23.7 Å². The van der Waals surface area contributed by atoms with E-state index in [1.807, 2.05) is 106 Å². The number of methoxy groups -OCH3 is 1. The summed E-state index contributed by atoms with van der Waals surface area (Å²) in [6, 6.07) is 25.1. The molecular formula is C29H31N3O3. The molecule has 6 nitrogen and oxygen atoms in total. The Labute approximate surface area is 206 Å². The smallest absolute Gasteiger partial charge is 0.254 e. The van der Waals surface area contributed by atoms with Gasteiger partial charge in [-0.15, -0.1) is 0 Å². The van der Waals surface area contributed by atoms with Crippen molar-refractivity contribution in [2.75, 3.05) is 7.11 Å². The molecule has 0 spiro atoms. The lowest BCUT2D eigenvalue weighted by Crippen LogP contribution is -2.36. The maximum atomic E-state index is 13.6. The number of hydrogen-bond donors (Lipinski definition) is 0. The predicted octanol–water partition coefficient (Wildman–Crippen LogP) is 6.25. The molecule has 0 aliphatic heterocycles. The molecule has 0 unspecified atom stereocenters. The van der Waals surface area contributed by atoms with Crippen molar-refractivity contribution in [1.29, 1.82) is 0 Å². The Hall–Kier alpha value is -4.06. The molecule has 0 bridgehead atoms. The lowest BCUT2D eigenvalue weighted by molar-refractivity contribution is 0.0689. The number of ether oxygens (including phenoxy) is 2. The van der Waals surface area contributed by atoms with Gasteiger partial charge < -0.3 is 14.4 Å². The third-order valence-corrected chi connectivity index (χ3v) is 5.87. The Morgan fingerprint density at radius 1 is 0.971 bits per heavy atom. The van der Waals surface area contributed by atoms with E-state index in [0.717, 1.165) is 28.1 Å². The SMILES string of the molecule is COc1cccc(C(=O)N(Cc2c(-c3ccccc3)nn(C)c2Oc2cccc(C)c2)C(C)C)c1. The first-order valence-corrected chi connectivity index (χ1v) is 11.7. The van der Waals surface area contributed by atoms with E-state index in [9.17, 15) is 4.79 Å². The van der Waals surface area contributed by atoms with Gasteiger partial charge in [-0.05, 0) is 56.7 Å². The molecule has 4 aromatic rings. The van der Waals surface area contributed by atoms with Crippen molar-refractivity contribution >= 4 is 5.91 Å². The molecule has 4 rings (SSSR count). The second kappa shape index (κ2) is 10.5. The summed E-state index contributed by atoms with van der Waals surface area (Å²) in [5, 5.41) is 4.80. The average Bonchev–Trinajstić information content (AvgIpc) is 3.17. The molecule has 1 aromatic heterocycles. The van der Waals surface area contributed by atoms with Crippen molar-refractivity contribution < 1.29 is 14.3 Å². The van der Waals surface area contributed by atoms with Crippen LogP contribution in [0.3, 0.4) is 0 Å². The first-order valence-electron chi connectivity index (χ1n) is 11.7. The Balaban J connectivity index is 1.78. The van der Waals surface area contributed by atoms with Crippen LogP contribution >= 0.6 is 0 Å². The second-order valence-corrected chi connectivity index (χ2v) is 8.80. The van der Waals surface area contributed by atoms with Gasteiger partial charge in [-0.25, -0.2) is 4.68 Å². The minimum Gasteiger partial charge on any atom is -0.497 e. The largest absolute Gasteiger partial charge is 0.497 e. The molecule has 0 fully saturated rings. The first kappa shape index (κ1) is 24.1. The molecule has 0 radical (unpaired) electrons. The van der Waals surface area contributed by atoms with Gasteiger partial charge in [-0.1, -0.05) is 48.5 Å². The monoisotopic (exact) mass is 469 g/mol. The van der Waals surface area contributed by atoms with Crippen LogP contribution in [0.15, 0.2) is 78.9 Å². The van der Waals surface area contributed by atoms with Crippen LogP contribution in [-0.2, 0) is 13.6 Å². The number of carbonyl (C=O) groups excluding carboxylic acids is 1. The maximum Gasteiger partial charge on any atom is 0.254 e. The molecule has 0 aliphatic carbocycles. The van der Waals surface area contributed by atoms with Crippen molar-refractivity contribution in [3.63, 3.8) is 0 Å². The van der Waals surface area contributed by atoms with Crippen LogP contribution in [0, 0.1) is 6.92 Å². The van der Waals surface area contributed by atoms with Gasteiger partial charge in [0.05, 0.1) is 19.2 Å². The first-order chi connectivity index (χ1) is 16.9. The zero-order chi connectivity index (χ0) is 24.9. The molecule has 35 heavy (non-hydrogen) atoms. The van der Waals surface area contributed by atoms with Gasteiger partial charge in [0.1, 0.15) is 17.2 Å². The normalized spacial score (nSPS) is 10.9. The number of nitrogens with zero attached hydrogens (tertiary/aromatic N) is 3. The highest BCUT2D eigenvalue weighted by atomic mass is 16.5. The molecular weight excluding hydrogens is 438 g/mol. The summed E-state index contributed by atoms with van der Waals surface area (Å²) < 4.78 is 13.4. The Morgan fingerprint density at radius 3 is 2.37 bits per heavy atom. The van der Waals surface area contributed by atoms with Crippen LogP contribution in [0.1, 0.15) is 35.3 Å². The van der Waals surface area contributed by atoms with Gasteiger partial charge in [0.2, 0.25) is 5.88 Å². The summed E-state index contributed by atoms with van der Waals surface area (Å²) >= 11 is 0. The van der Waals surface area contributed by atoms with Crippen molar-refractivity contribution in [1.82, 2.24) is 14.7 Å². The van der Waals surface area contributed by atoms with Gasteiger partial charge in [0.25, 0.3) is 5.91 Å². The predicted molar refractivity (Wildman–Crippen MR) is 138 cm³/mol. The molecule has 0 N–H and O–H groups in total. The fourth-order valence-electron chi connectivity index (χ4n) is 4.02. The van der Waals surface area contributed by atoms with Crippen molar-refractivity contribution in [2.24, 2.45) is 7.05 Å². The number of rotatable bonds is 8. The highest BCUT2D eigenvalue weighted by Crippen LogP contribution is 2.35. The topological polar surface area (TPSA) is 56.6 Å². The summed E-state index contributed by atoms with van der Waals surface area (Å²) in [5.41, 5.74) is 4.29. The van der Waals surface area contributed by atoms with Crippen LogP contribution in [0.2, 0.25) is 0 Å². The Bertz CT molecular complexity index is 1310. The zero-order valence-corrected chi connectivity index (χ0v) is 20.9. The van der Waals surface area contributed by atoms with E-state index in [-0.39, 0.29) is 11.9 Å². The van der Waals surface area contributed by atoms with Gasteiger partial charge >= 0.3 is 0 Å². The number of aromatic nitrogens is 2. The highest BCUT2D eigenvalue weighted by molar-refractivity contribution is 5.95. The fourth-order valence-corrected chi connectivity index (χ4v) is 4.02. The quantitative estimate of drug-likeness (QED) is 0.306. The summed E-state index contributed by atoms with van der Waals surface area (Å²) in [5.74, 6) is 1.90. The number of aryl methyl sites for hydroxylation is 2. The van der Waals surface area contributed by atoms with E-state index in [4.69, 9.17) is 14.6 Å². The standard InChI is InChI=1S/C29H31N3O3/c1-20(2)32(28(33)23-14-10-15-24(18-23)34-5)19-26-27(22-12-7-6-8-13-22)30-31(4)29(26)35-25-16-9-11-21(3)17-25/h6-18,20H,19H2,1-5H3. The maximum absolute atomic E-state index is 13.6. The lowest BCUT2D eigenvalue weighted by Gasteiger charge is -2.27. The third kappa shape index (κ3) is 5.38. The van der Waals surface area contributed by atoms with Crippen molar-refractivity contribution in [3.8, 4) is 28.6 Å². The summed E-state index contributed by atoms with van der Waals surface area (Å²) in [4.78, 5) is 15.5. The number of benzene rings is 3. The molecule has 0 atom stereocenters. The molecule has 3 aromatic carbocycles. The number of carbonyl (C=O) groups is 1. The summed E-state index contributed by atoms with van der Waals surface area (Å²) in [7, 11) is 3.46. The molecule has 0 saturated heterocycles. The average molecular weight is 470 g/mol. The molecule has 180 valence electrons. The third-order valence-electron chi connectivity index (χ3n) is 5.87. The summed E-state index contributed by atoms with van der Waals surface area (Å²) in [6.07, 6.45) is 0. The van der Waals surface area contributed by atoms with Gasteiger partial charge in [0.15, 0.2) is 0 Å². The van der Waals surface area contributed by atoms with Gasteiger partial charge in [-0.2, -0.15) is 5.10 Å². The lowest BCUT2D eigenvalue weighted by atomic mass is 10.1. The number of amides is 1. The van der Waals surface area contributed by atoms with Crippen molar-refractivity contribution in [2.45, 2.75) is 33.4 Å². The fraction of sp³-hybridized carbons (Fsp3) is 0.241. The second-order valence-electron chi connectivity index (χ2n) is 8.80. The molecule has 1 heterocycles. The van der Waals surface area contributed by atoms with E-state index in [1.165, 1.54) is 0 Å². The molecule has 1 amide bonds. The zero-order valence-electron chi connectivity index (χ0n) is 20.9.